The average Bonchev–Trinajstić information content (AvgIpc) is 2.90. The van der Waals surface area contributed by atoms with Gasteiger partial charge in [-0.25, -0.2) is 5.43 Å². The van der Waals surface area contributed by atoms with Gasteiger partial charge in [-0.3, -0.25) is 14.4 Å². The van der Waals surface area contributed by atoms with Crippen molar-refractivity contribution in [2.45, 2.75) is 34.1 Å². The van der Waals surface area contributed by atoms with Crippen LogP contribution >= 0.6 is 0 Å². The van der Waals surface area contributed by atoms with Crippen LogP contribution in [0.25, 0.3) is 0 Å². The van der Waals surface area contributed by atoms with E-state index >= 15 is 0 Å². The first-order chi connectivity index (χ1) is 18.3. The number of para-hydroxylation sites is 1. The van der Waals surface area contributed by atoms with Gasteiger partial charge >= 0.3 is 11.8 Å². The van der Waals surface area contributed by atoms with Gasteiger partial charge in [-0.15, -0.1) is 0 Å². The normalized spacial score (nSPS) is 10.6. The Morgan fingerprint density at radius 3 is 2.21 bits per heavy atom. The molecule has 0 atom stereocenters. The molecule has 9 heteroatoms. The smallest absolute Gasteiger partial charge is 0.329 e. The van der Waals surface area contributed by atoms with Gasteiger partial charge in [-0.2, -0.15) is 5.10 Å². The van der Waals surface area contributed by atoms with Gasteiger partial charge in [0.15, 0.2) is 18.1 Å². The molecule has 0 fully saturated rings. The fourth-order valence-corrected chi connectivity index (χ4v) is 3.55. The molecule has 0 saturated heterocycles. The van der Waals surface area contributed by atoms with Crippen LogP contribution in [0.4, 0.5) is 11.4 Å². The third-order valence-electron chi connectivity index (χ3n) is 5.58. The quantitative estimate of drug-likeness (QED) is 0.210. The summed E-state index contributed by atoms with van der Waals surface area (Å²) in [5, 5.41) is 9.27. The maximum atomic E-state index is 12.3. The Hall–Kier alpha value is -4.66. The van der Waals surface area contributed by atoms with Crippen LogP contribution in [0, 0.1) is 13.8 Å². The SMILES string of the molecule is CCOc1cc(/C=N\NC(=O)C(=O)Nc2c(C)cccc2C)ccc1OCC(=O)Nc1ccc(CC)cc1. The molecule has 0 radical (unpaired) electrons. The molecule has 3 aromatic rings. The first kappa shape index (κ1) is 27.9. The van der Waals surface area contributed by atoms with Gasteiger partial charge in [0.05, 0.1) is 12.8 Å². The number of hydrazone groups is 1. The molecule has 0 aromatic heterocycles. The van der Waals surface area contributed by atoms with E-state index in [9.17, 15) is 14.4 Å². The molecular weight excluding hydrogens is 484 g/mol. The Balaban J connectivity index is 1.56. The number of aryl methyl sites for hydroxylation is 3. The number of carbonyl (C=O) groups excluding carboxylic acids is 3. The number of carbonyl (C=O) groups is 3. The zero-order chi connectivity index (χ0) is 27.5. The van der Waals surface area contributed by atoms with Crippen LogP contribution in [0.5, 0.6) is 11.5 Å². The highest BCUT2D eigenvalue weighted by atomic mass is 16.5. The van der Waals surface area contributed by atoms with E-state index < -0.39 is 11.8 Å². The molecule has 3 aromatic carbocycles. The summed E-state index contributed by atoms with van der Waals surface area (Å²) in [6.07, 6.45) is 2.30. The summed E-state index contributed by atoms with van der Waals surface area (Å²) in [6.45, 7) is 7.76. The molecule has 3 rings (SSSR count). The molecule has 0 heterocycles. The van der Waals surface area contributed by atoms with Crippen molar-refractivity contribution in [2.75, 3.05) is 23.8 Å². The van der Waals surface area contributed by atoms with Gasteiger partial charge in [-0.1, -0.05) is 37.3 Å². The standard InChI is InChI=1S/C29H32N4O5/c1-5-21-10-13-23(14-11-21)31-26(34)18-38-24-15-12-22(16-25(24)37-6-2)17-30-33-29(36)28(35)32-27-19(3)8-7-9-20(27)4/h7-17H,5-6,18H2,1-4H3,(H,31,34)(H,32,35)(H,33,36)/b30-17-. The molecule has 198 valence electrons. The lowest BCUT2D eigenvalue weighted by atomic mass is 10.1. The summed E-state index contributed by atoms with van der Waals surface area (Å²) >= 11 is 0. The van der Waals surface area contributed by atoms with Crippen molar-refractivity contribution in [3.8, 4) is 11.5 Å². The lowest BCUT2D eigenvalue weighted by Gasteiger charge is -2.13. The molecule has 3 amide bonds. The van der Waals surface area contributed by atoms with Crippen molar-refractivity contribution in [3.05, 3.63) is 82.9 Å². The van der Waals surface area contributed by atoms with Crippen LogP contribution in [-0.2, 0) is 20.8 Å². The number of anilines is 2. The molecule has 0 saturated carbocycles. The van der Waals surface area contributed by atoms with Crippen molar-refractivity contribution in [3.63, 3.8) is 0 Å². The number of ether oxygens (including phenoxy) is 2. The van der Waals surface area contributed by atoms with Crippen LogP contribution < -0.4 is 25.5 Å². The summed E-state index contributed by atoms with van der Waals surface area (Å²) < 4.78 is 11.3. The van der Waals surface area contributed by atoms with Crippen molar-refractivity contribution in [1.82, 2.24) is 5.43 Å². The zero-order valence-corrected chi connectivity index (χ0v) is 22.0. The minimum atomic E-state index is -0.899. The van der Waals surface area contributed by atoms with E-state index in [1.54, 1.807) is 18.2 Å². The van der Waals surface area contributed by atoms with Crippen molar-refractivity contribution >= 4 is 35.3 Å². The lowest BCUT2D eigenvalue weighted by molar-refractivity contribution is -0.136. The monoisotopic (exact) mass is 516 g/mol. The second kappa shape index (κ2) is 13.6. The van der Waals surface area contributed by atoms with Crippen molar-refractivity contribution < 1.29 is 23.9 Å². The topological polar surface area (TPSA) is 118 Å². The number of nitrogens with zero attached hydrogens (tertiary/aromatic N) is 1. The minimum absolute atomic E-state index is 0.200. The van der Waals surface area contributed by atoms with Gasteiger partial charge in [0.25, 0.3) is 5.91 Å². The van der Waals surface area contributed by atoms with Gasteiger partial charge < -0.3 is 20.1 Å². The summed E-state index contributed by atoms with van der Waals surface area (Å²) in [6, 6.07) is 18.2. The fraction of sp³-hybridized carbons (Fsp3) is 0.241. The predicted molar refractivity (Wildman–Crippen MR) is 148 cm³/mol. The highest BCUT2D eigenvalue weighted by Gasteiger charge is 2.15. The molecule has 3 N–H and O–H groups in total. The fourth-order valence-electron chi connectivity index (χ4n) is 3.55. The Labute approximate surface area is 222 Å². The summed E-state index contributed by atoms with van der Waals surface area (Å²) in [7, 11) is 0. The summed E-state index contributed by atoms with van der Waals surface area (Å²) in [4.78, 5) is 36.7. The third kappa shape index (κ3) is 7.92. The Morgan fingerprint density at radius 2 is 1.55 bits per heavy atom. The van der Waals surface area contributed by atoms with E-state index in [0.717, 1.165) is 17.5 Å². The first-order valence-electron chi connectivity index (χ1n) is 12.3. The minimum Gasteiger partial charge on any atom is -0.490 e. The van der Waals surface area contributed by atoms with Gasteiger partial charge in [0.2, 0.25) is 0 Å². The van der Waals surface area contributed by atoms with E-state index in [2.05, 4.69) is 28.1 Å². The second-order valence-corrected chi connectivity index (χ2v) is 8.45. The molecule has 0 aliphatic carbocycles. The summed E-state index contributed by atoms with van der Waals surface area (Å²) in [5.41, 5.74) is 6.99. The largest absolute Gasteiger partial charge is 0.490 e. The molecule has 38 heavy (non-hydrogen) atoms. The average molecular weight is 517 g/mol. The number of hydrogen-bond donors (Lipinski definition) is 3. The molecule has 9 nitrogen and oxygen atoms in total. The number of amides is 3. The Bertz CT molecular complexity index is 1300. The van der Waals surface area contributed by atoms with E-state index in [4.69, 9.17) is 9.47 Å². The summed E-state index contributed by atoms with van der Waals surface area (Å²) in [5.74, 6) is -1.22. The number of nitrogens with one attached hydrogen (secondary N) is 3. The number of hydrogen-bond acceptors (Lipinski definition) is 6. The first-order valence-corrected chi connectivity index (χ1v) is 12.3. The van der Waals surface area contributed by atoms with E-state index in [0.29, 0.717) is 35.0 Å². The molecule has 0 spiro atoms. The maximum Gasteiger partial charge on any atom is 0.329 e. The molecule has 0 aliphatic rings. The lowest BCUT2D eigenvalue weighted by Crippen LogP contribution is -2.32. The van der Waals surface area contributed by atoms with Gasteiger partial charge in [0, 0.05) is 11.4 Å². The van der Waals surface area contributed by atoms with Crippen LogP contribution in [-0.4, -0.2) is 37.1 Å². The molecule has 0 aliphatic heterocycles. The van der Waals surface area contributed by atoms with E-state index in [-0.39, 0.29) is 12.5 Å². The van der Waals surface area contributed by atoms with E-state index in [1.165, 1.54) is 11.8 Å². The maximum absolute atomic E-state index is 12.3. The van der Waals surface area contributed by atoms with Crippen LogP contribution in [0.1, 0.15) is 36.1 Å². The second-order valence-electron chi connectivity index (χ2n) is 8.45. The van der Waals surface area contributed by atoms with Crippen LogP contribution in [0.15, 0.2) is 65.8 Å². The zero-order valence-electron chi connectivity index (χ0n) is 22.0. The van der Waals surface area contributed by atoms with Crippen molar-refractivity contribution in [1.29, 1.82) is 0 Å². The van der Waals surface area contributed by atoms with Gasteiger partial charge in [-0.05, 0) is 79.8 Å². The predicted octanol–water partition coefficient (Wildman–Crippen LogP) is 4.37. The molecule has 0 bridgehead atoms. The highest BCUT2D eigenvalue weighted by Crippen LogP contribution is 2.28. The van der Waals surface area contributed by atoms with Gasteiger partial charge in [0.1, 0.15) is 0 Å². The highest BCUT2D eigenvalue weighted by molar-refractivity contribution is 6.39. The number of rotatable bonds is 10. The van der Waals surface area contributed by atoms with Crippen LogP contribution in [0.2, 0.25) is 0 Å². The molecule has 0 unspecified atom stereocenters. The van der Waals surface area contributed by atoms with Crippen molar-refractivity contribution in [2.24, 2.45) is 5.10 Å². The number of benzene rings is 3. The third-order valence-corrected chi connectivity index (χ3v) is 5.58. The molecular formula is C29H32N4O5. The Morgan fingerprint density at radius 1 is 0.842 bits per heavy atom. The Kier molecular flexibility index (Phi) is 9.99. The van der Waals surface area contributed by atoms with E-state index in [1.807, 2.05) is 63.2 Å². The van der Waals surface area contributed by atoms with Crippen LogP contribution in [0.3, 0.4) is 0 Å².